The van der Waals surface area contributed by atoms with Crippen LogP contribution in [0.2, 0.25) is 0 Å². The Hall–Kier alpha value is -2.55. The number of aryl methyl sites for hydroxylation is 1. The molecule has 0 unspecified atom stereocenters. The number of pyridine rings is 1. The third-order valence-electron chi connectivity index (χ3n) is 3.83. The number of phenolic OH excluding ortho intramolecular Hbond substituents is 1. The van der Waals surface area contributed by atoms with Crippen molar-refractivity contribution in [2.75, 3.05) is 0 Å². The molecule has 1 aliphatic heterocycles. The minimum Gasteiger partial charge on any atom is -0.508 e. The molecule has 0 saturated carbocycles. The van der Waals surface area contributed by atoms with Gasteiger partial charge in [0.05, 0.1) is 5.52 Å². The van der Waals surface area contributed by atoms with Crippen molar-refractivity contribution in [2.45, 2.75) is 13.5 Å². The summed E-state index contributed by atoms with van der Waals surface area (Å²) < 4.78 is 5.93. The summed E-state index contributed by atoms with van der Waals surface area (Å²) in [7, 11) is 0. The summed E-state index contributed by atoms with van der Waals surface area (Å²) in [5, 5.41) is 10.6. The zero-order valence-corrected chi connectivity index (χ0v) is 11.1. The molecule has 0 radical (unpaired) electrons. The van der Waals surface area contributed by atoms with Crippen LogP contribution in [0.3, 0.4) is 0 Å². The Kier molecular flexibility index (Phi) is 2.24. The number of rotatable bonds is 0. The van der Waals surface area contributed by atoms with E-state index in [0.29, 0.717) is 6.61 Å². The van der Waals surface area contributed by atoms with Crippen LogP contribution in [0, 0.1) is 6.92 Å². The Balaban J connectivity index is 2.05. The summed E-state index contributed by atoms with van der Waals surface area (Å²) in [6, 6.07) is 11.4. The Morgan fingerprint density at radius 2 is 2.05 bits per heavy atom. The number of benzene rings is 2. The highest BCUT2D eigenvalue weighted by Gasteiger charge is 2.21. The largest absolute Gasteiger partial charge is 0.508 e. The molecule has 0 saturated heterocycles. The van der Waals surface area contributed by atoms with E-state index in [0.717, 1.165) is 38.9 Å². The molecule has 1 aliphatic rings. The lowest BCUT2D eigenvalue weighted by Crippen LogP contribution is -2.08. The quantitative estimate of drug-likeness (QED) is 0.670. The van der Waals surface area contributed by atoms with Gasteiger partial charge in [-0.15, -0.1) is 0 Å². The first kappa shape index (κ1) is 11.3. The number of phenols is 1. The van der Waals surface area contributed by atoms with Gasteiger partial charge in [0.2, 0.25) is 0 Å². The van der Waals surface area contributed by atoms with Gasteiger partial charge in [-0.1, -0.05) is 18.2 Å². The lowest BCUT2D eigenvalue weighted by molar-refractivity contribution is 0.301. The summed E-state index contributed by atoms with van der Waals surface area (Å²) in [5.74, 6) is 1.18. The van der Waals surface area contributed by atoms with Gasteiger partial charge in [-0.05, 0) is 24.6 Å². The van der Waals surface area contributed by atoms with Crippen molar-refractivity contribution in [3.8, 4) is 22.6 Å². The maximum Gasteiger partial charge on any atom is 0.130 e. The minimum atomic E-state index is 0.234. The first-order valence-electron chi connectivity index (χ1n) is 6.57. The molecule has 0 bridgehead atoms. The molecule has 3 heteroatoms. The summed E-state index contributed by atoms with van der Waals surface area (Å²) in [5.41, 5.74) is 5.28. The SMILES string of the molecule is Cc1cccc2c1OCc1c-2cnc2cc(O)ccc12. The van der Waals surface area contributed by atoms with E-state index in [1.807, 2.05) is 18.3 Å². The summed E-state index contributed by atoms with van der Waals surface area (Å²) in [4.78, 5) is 4.47. The van der Waals surface area contributed by atoms with E-state index in [1.165, 1.54) is 0 Å². The van der Waals surface area contributed by atoms with Crippen LogP contribution in [0.1, 0.15) is 11.1 Å². The molecule has 0 fully saturated rings. The smallest absolute Gasteiger partial charge is 0.130 e. The second-order valence-corrected chi connectivity index (χ2v) is 5.09. The number of fused-ring (bicyclic) bond motifs is 5. The molecule has 3 nitrogen and oxygen atoms in total. The van der Waals surface area contributed by atoms with Crippen LogP contribution in [0.4, 0.5) is 0 Å². The number of ether oxygens (including phenoxy) is 1. The number of para-hydroxylation sites is 1. The second kappa shape index (κ2) is 3.97. The molecule has 2 aromatic carbocycles. The highest BCUT2D eigenvalue weighted by molar-refractivity contribution is 5.91. The standard InChI is InChI=1S/C17H13NO2/c1-10-3-2-4-13-14-8-18-16-7-11(19)5-6-12(16)15(14)9-20-17(10)13/h2-8,19H,9H2,1H3. The molecule has 20 heavy (non-hydrogen) atoms. The van der Waals surface area contributed by atoms with Crippen molar-refractivity contribution in [3.05, 3.63) is 53.7 Å². The topological polar surface area (TPSA) is 42.4 Å². The molecular weight excluding hydrogens is 250 g/mol. The van der Waals surface area contributed by atoms with Gasteiger partial charge >= 0.3 is 0 Å². The highest BCUT2D eigenvalue weighted by Crippen LogP contribution is 2.41. The van der Waals surface area contributed by atoms with E-state index < -0.39 is 0 Å². The number of nitrogens with zero attached hydrogens (tertiary/aromatic N) is 1. The van der Waals surface area contributed by atoms with E-state index in [4.69, 9.17) is 4.74 Å². The molecular formula is C17H13NO2. The minimum absolute atomic E-state index is 0.234. The fourth-order valence-electron chi connectivity index (χ4n) is 2.83. The molecule has 98 valence electrons. The van der Waals surface area contributed by atoms with Crippen molar-refractivity contribution in [3.63, 3.8) is 0 Å². The van der Waals surface area contributed by atoms with E-state index in [2.05, 4.69) is 24.0 Å². The van der Waals surface area contributed by atoms with Gasteiger partial charge < -0.3 is 9.84 Å². The van der Waals surface area contributed by atoms with Crippen molar-refractivity contribution in [2.24, 2.45) is 0 Å². The first-order valence-corrected chi connectivity index (χ1v) is 6.57. The average molecular weight is 263 g/mol. The van der Waals surface area contributed by atoms with Gasteiger partial charge in [-0.3, -0.25) is 4.98 Å². The third-order valence-corrected chi connectivity index (χ3v) is 3.83. The fourth-order valence-corrected chi connectivity index (χ4v) is 2.83. The number of hydrogen-bond donors (Lipinski definition) is 1. The van der Waals surface area contributed by atoms with Gasteiger partial charge in [0.1, 0.15) is 18.1 Å². The maximum absolute atomic E-state index is 9.56. The van der Waals surface area contributed by atoms with Crippen LogP contribution in [0.15, 0.2) is 42.6 Å². The molecule has 1 aromatic heterocycles. The fraction of sp³-hybridized carbons (Fsp3) is 0.118. The average Bonchev–Trinajstić information content (AvgIpc) is 2.46. The molecule has 0 amide bonds. The van der Waals surface area contributed by atoms with Crippen LogP contribution in [-0.2, 0) is 6.61 Å². The van der Waals surface area contributed by atoms with Gasteiger partial charge in [0, 0.05) is 34.3 Å². The van der Waals surface area contributed by atoms with Crippen molar-refractivity contribution in [1.82, 2.24) is 4.98 Å². The summed E-state index contributed by atoms with van der Waals surface area (Å²) in [6.45, 7) is 2.59. The Bertz CT molecular complexity index is 840. The van der Waals surface area contributed by atoms with Crippen molar-refractivity contribution >= 4 is 10.9 Å². The number of hydrogen-bond acceptors (Lipinski definition) is 3. The van der Waals surface area contributed by atoms with E-state index in [9.17, 15) is 5.11 Å². The van der Waals surface area contributed by atoms with E-state index in [-0.39, 0.29) is 5.75 Å². The lowest BCUT2D eigenvalue weighted by Gasteiger charge is -2.23. The molecule has 4 rings (SSSR count). The third kappa shape index (κ3) is 1.50. The zero-order chi connectivity index (χ0) is 13.7. The second-order valence-electron chi connectivity index (χ2n) is 5.09. The highest BCUT2D eigenvalue weighted by atomic mass is 16.5. The predicted octanol–water partition coefficient (Wildman–Crippen LogP) is 3.81. The Labute approximate surface area is 116 Å². The van der Waals surface area contributed by atoms with E-state index in [1.54, 1.807) is 12.1 Å². The van der Waals surface area contributed by atoms with Gasteiger partial charge in [-0.25, -0.2) is 0 Å². The zero-order valence-electron chi connectivity index (χ0n) is 11.1. The molecule has 1 N–H and O–H groups in total. The summed E-state index contributed by atoms with van der Waals surface area (Å²) >= 11 is 0. The molecule has 2 heterocycles. The Morgan fingerprint density at radius 3 is 2.95 bits per heavy atom. The van der Waals surface area contributed by atoms with Crippen LogP contribution in [0.5, 0.6) is 11.5 Å². The number of aromatic hydroxyl groups is 1. The first-order chi connectivity index (χ1) is 9.74. The van der Waals surface area contributed by atoms with Crippen LogP contribution < -0.4 is 4.74 Å². The van der Waals surface area contributed by atoms with E-state index >= 15 is 0 Å². The van der Waals surface area contributed by atoms with Crippen LogP contribution in [0.25, 0.3) is 22.0 Å². The maximum atomic E-state index is 9.56. The number of aromatic nitrogens is 1. The molecule has 0 aliphatic carbocycles. The predicted molar refractivity (Wildman–Crippen MR) is 77.9 cm³/mol. The van der Waals surface area contributed by atoms with Crippen molar-refractivity contribution < 1.29 is 9.84 Å². The molecule has 0 spiro atoms. The van der Waals surface area contributed by atoms with Gasteiger partial charge in [-0.2, -0.15) is 0 Å². The Morgan fingerprint density at radius 1 is 1.15 bits per heavy atom. The van der Waals surface area contributed by atoms with Gasteiger partial charge in [0.15, 0.2) is 0 Å². The lowest BCUT2D eigenvalue weighted by atomic mass is 9.94. The molecule has 3 aromatic rings. The summed E-state index contributed by atoms with van der Waals surface area (Å²) in [6.07, 6.45) is 1.87. The van der Waals surface area contributed by atoms with Crippen molar-refractivity contribution in [1.29, 1.82) is 0 Å². The monoisotopic (exact) mass is 263 g/mol. The van der Waals surface area contributed by atoms with Crippen LogP contribution >= 0.6 is 0 Å². The van der Waals surface area contributed by atoms with Crippen LogP contribution in [-0.4, -0.2) is 10.1 Å². The normalized spacial score (nSPS) is 12.7. The van der Waals surface area contributed by atoms with Gasteiger partial charge in [0.25, 0.3) is 0 Å². The molecule has 0 atom stereocenters.